The van der Waals surface area contributed by atoms with Crippen molar-refractivity contribution in [3.05, 3.63) is 59.5 Å². The van der Waals surface area contributed by atoms with Gasteiger partial charge in [0.15, 0.2) is 0 Å². The van der Waals surface area contributed by atoms with E-state index in [1.54, 1.807) is 12.4 Å². The zero-order chi connectivity index (χ0) is 13.5. The number of para-hydroxylation sites is 1. The maximum Gasteiger partial charge on any atom is 0.235 e. The van der Waals surface area contributed by atoms with Crippen molar-refractivity contribution in [1.82, 2.24) is 19.5 Å². The fraction of sp³-hybridized carbons (Fsp3) is 0. The van der Waals surface area contributed by atoms with Gasteiger partial charge in [0.25, 0.3) is 0 Å². The van der Waals surface area contributed by atoms with Crippen LogP contribution in [-0.2, 0) is 0 Å². The van der Waals surface area contributed by atoms with Crippen LogP contribution in [0.1, 0.15) is 0 Å². The molecule has 0 radical (unpaired) electrons. The fourth-order valence-corrected chi connectivity index (χ4v) is 2.71. The van der Waals surface area contributed by atoms with Crippen molar-refractivity contribution in [2.24, 2.45) is 0 Å². The summed E-state index contributed by atoms with van der Waals surface area (Å²) in [6.45, 7) is 0. The molecule has 0 bridgehead atoms. The van der Waals surface area contributed by atoms with E-state index in [1.165, 1.54) is 0 Å². The molecule has 3 heterocycles. The molecule has 4 rings (SSSR count). The first-order valence-electron chi connectivity index (χ1n) is 6.18. The summed E-state index contributed by atoms with van der Waals surface area (Å²) in [5.74, 6) is 0.638. The normalized spacial score (nSPS) is 11.2. The minimum Gasteiger partial charge on any atom is -0.276 e. The lowest BCUT2D eigenvalue weighted by atomic mass is 10.2. The smallest absolute Gasteiger partial charge is 0.235 e. The molecular weight excluding hydrogens is 316 g/mol. The number of nitrogens with zero attached hydrogens (tertiary/aromatic N) is 4. The van der Waals surface area contributed by atoms with Gasteiger partial charge in [-0.1, -0.05) is 18.2 Å². The first-order chi connectivity index (χ1) is 9.84. The molecule has 0 aliphatic carbocycles. The molecule has 0 atom stereocenters. The molecule has 0 saturated heterocycles. The second-order valence-corrected chi connectivity index (χ2v) is 5.22. The van der Waals surface area contributed by atoms with Crippen LogP contribution < -0.4 is 0 Å². The van der Waals surface area contributed by atoms with Crippen LogP contribution in [0.25, 0.3) is 27.9 Å². The predicted octanol–water partition coefficient (Wildman–Crippen LogP) is 3.73. The van der Waals surface area contributed by atoms with E-state index in [4.69, 9.17) is 0 Å². The quantitative estimate of drug-likeness (QED) is 0.501. The van der Waals surface area contributed by atoms with Gasteiger partial charge in [-0.2, -0.15) is 0 Å². The van der Waals surface area contributed by atoms with E-state index >= 15 is 0 Å². The Labute approximate surface area is 123 Å². The van der Waals surface area contributed by atoms with Gasteiger partial charge in [0, 0.05) is 17.8 Å². The van der Waals surface area contributed by atoms with E-state index in [1.807, 2.05) is 34.9 Å². The largest absolute Gasteiger partial charge is 0.276 e. The highest BCUT2D eigenvalue weighted by Crippen LogP contribution is 2.29. The van der Waals surface area contributed by atoms with Gasteiger partial charge in [0.1, 0.15) is 4.60 Å². The average molecular weight is 325 g/mol. The molecule has 0 spiro atoms. The van der Waals surface area contributed by atoms with Crippen LogP contribution in [0.4, 0.5) is 0 Å². The van der Waals surface area contributed by atoms with E-state index in [-0.39, 0.29) is 0 Å². The lowest BCUT2D eigenvalue weighted by Crippen LogP contribution is -2.00. The Morgan fingerprint density at radius 3 is 2.60 bits per heavy atom. The minimum atomic E-state index is 0.638. The maximum atomic E-state index is 4.49. The summed E-state index contributed by atoms with van der Waals surface area (Å²) in [5.41, 5.74) is 3.03. The highest BCUT2D eigenvalue weighted by atomic mass is 79.9. The third-order valence-corrected chi connectivity index (χ3v) is 3.68. The number of pyridine rings is 1. The van der Waals surface area contributed by atoms with E-state index in [2.05, 4.69) is 43.0 Å². The van der Waals surface area contributed by atoms with Gasteiger partial charge in [-0.25, -0.2) is 9.97 Å². The molecule has 1 aromatic carbocycles. The van der Waals surface area contributed by atoms with E-state index in [0.717, 1.165) is 26.5 Å². The molecule has 5 heteroatoms. The van der Waals surface area contributed by atoms with Crippen LogP contribution in [0.15, 0.2) is 59.5 Å². The van der Waals surface area contributed by atoms with Crippen molar-refractivity contribution < 1.29 is 0 Å². The third kappa shape index (κ3) is 1.63. The van der Waals surface area contributed by atoms with Gasteiger partial charge in [0.2, 0.25) is 5.95 Å². The molecule has 0 fully saturated rings. The molecule has 20 heavy (non-hydrogen) atoms. The summed E-state index contributed by atoms with van der Waals surface area (Å²) in [6, 6.07) is 13.9. The van der Waals surface area contributed by atoms with Crippen LogP contribution in [0.5, 0.6) is 0 Å². The lowest BCUT2D eigenvalue weighted by molar-refractivity contribution is 0.975. The van der Waals surface area contributed by atoms with Gasteiger partial charge in [-0.05, 0) is 40.2 Å². The van der Waals surface area contributed by atoms with Gasteiger partial charge in [0.05, 0.1) is 16.6 Å². The molecule has 3 aromatic heterocycles. The van der Waals surface area contributed by atoms with Gasteiger partial charge < -0.3 is 0 Å². The first kappa shape index (κ1) is 11.5. The van der Waals surface area contributed by atoms with E-state index in [0.29, 0.717) is 5.95 Å². The summed E-state index contributed by atoms with van der Waals surface area (Å²) in [4.78, 5) is 13.3. The van der Waals surface area contributed by atoms with Gasteiger partial charge >= 0.3 is 0 Å². The Hall–Kier alpha value is -2.27. The molecule has 96 valence electrons. The average Bonchev–Trinajstić information content (AvgIpc) is 2.82. The topological polar surface area (TPSA) is 43.6 Å². The van der Waals surface area contributed by atoms with Crippen molar-refractivity contribution in [3.8, 4) is 5.95 Å². The Bertz CT molecular complexity index is 876. The van der Waals surface area contributed by atoms with E-state index < -0.39 is 0 Å². The third-order valence-electron chi connectivity index (χ3n) is 3.24. The van der Waals surface area contributed by atoms with Crippen molar-refractivity contribution in [1.29, 1.82) is 0 Å². The summed E-state index contributed by atoms with van der Waals surface area (Å²) < 4.78 is 2.79. The first-order valence-corrected chi connectivity index (χ1v) is 6.97. The van der Waals surface area contributed by atoms with Crippen LogP contribution in [0.2, 0.25) is 0 Å². The number of aromatic nitrogens is 4. The second-order valence-electron chi connectivity index (χ2n) is 4.40. The SMILES string of the molecule is Brc1ccnc(-n2c3ccccc3c3ncccc32)n1. The number of hydrogen-bond donors (Lipinski definition) is 0. The van der Waals surface area contributed by atoms with Crippen molar-refractivity contribution in [2.75, 3.05) is 0 Å². The number of hydrogen-bond acceptors (Lipinski definition) is 3. The van der Waals surface area contributed by atoms with Crippen molar-refractivity contribution >= 4 is 37.9 Å². The molecule has 4 aromatic rings. The summed E-state index contributed by atoms with van der Waals surface area (Å²) >= 11 is 3.40. The van der Waals surface area contributed by atoms with E-state index in [9.17, 15) is 0 Å². The monoisotopic (exact) mass is 324 g/mol. The Morgan fingerprint density at radius 2 is 1.70 bits per heavy atom. The molecule has 0 amide bonds. The van der Waals surface area contributed by atoms with Gasteiger partial charge in [-0.3, -0.25) is 9.55 Å². The number of fused-ring (bicyclic) bond motifs is 3. The molecule has 0 saturated carbocycles. The minimum absolute atomic E-state index is 0.638. The Morgan fingerprint density at radius 1 is 0.850 bits per heavy atom. The lowest BCUT2D eigenvalue weighted by Gasteiger charge is -2.04. The van der Waals surface area contributed by atoms with Crippen LogP contribution in [-0.4, -0.2) is 19.5 Å². The second kappa shape index (κ2) is 4.38. The van der Waals surface area contributed by atoms with Crippen LogP contribution >= 0.6 is 15.9 Å². The zero-order valence-electron chi connectivity index (χ0n) is 10.4. The number of benzene rings is 1. The van der Waals surface area contributed by atoms with Crippen molar-refractivity contribution in [2.45, 2.75) is 0 Å². The predicted molar refractivity (Wildman–Crippen MR) is 81.9 cm³/mol. The molecule has 0 aliphatic heterocycles. The fourth-order valence-electron chi connectivity index (χ4n) is 2.43. The Balaban J connectivity index is 2.21. The number of rotatable bonds is 1. The standard InChI is InChI=1S/C15H9BrN4/c16-13-7-9-18-15(19-13)20-11-5-2-1-4-10(11)14-12(20)6-3-8-17-14/h1-9H. The zero-order valence-corrected chi connectivity index (χ0v) is 11.9. The molecular formula is C15H9BrN4. The highest BCUT2D eigenvalue weighted by Gasteiger charge is 2.13. The number of halogens is 1. The Kier molecular flexibility index (Phi) is 2.53. The highest BCUT2D eigenvalue weighted by molar-refractivity contribution is 9.10. The summed E-state index contributed by atoms with van der Waals surface area (Å²) in [6.07, 6.45) is 3.55. The molecule has 0 aliphatic rings. The maximum absolute atomic E-state index is 4.49. The van der Waals surface area contributed by atoms with Crippen LogP contribution in [0.3, 0.4) is 0 Å². The summed E-state index contributed by atoms with van der Waals surface area (Å²) in [7, 11) is 0. The summed E-state index contributed by atoms with van der Waals surface area (Å²) in [5, 5.41) is 1.10. The van der Waals surface area contributed by atoms with Crippen molar-refractivity contribution in [3.63, 3.8) is 0 Å². The van der Waals surface area contributed by atoms with Crippen LogP contribution in [0, 0.1) is 0 Å². The molecule has 0 unspecified atom stereocenters. The van der Waals surface area contributed by atoms with Gasteiger partial charge in [-0.15, -0.1) is 0 Å². The molecule has 0 N–H and O–H groups in total. The molecule has 4 nitrogen and oxygen atoms in total.